The average molecular weight is 600 g/mol. The van der Waals surface area contributed by atoms with Crippen molar-refractivity contribution in [3.05, 3.63) is 95.8 Å². The van der Waals surface area contributed by atoms with Crippen LogP contribution in [-0.4, -0.2) is 55.3 Å². The number of amides is 4. The maximum Gasteiger partial charge on any atom is 0.417 e. The predicted molar refractivity (Wildman–Crippen MR) is 164 cm³/mol. The summed E-state index contributed by atoms with van der Waals surface area (Å²) in [5, 5.41) is 2.93. The molecule has 0 radical (unpaired) electrons. The molecule has 10 nitrogen and oxygen atoms in total. The highest BCUT2D eigenvalue weighted by Gasteiger charge is 2.42. The lowest BCUT2D eigenvalue weighted by atomic mass is 10.1. The number of ether oxygens (including phenoxy) is 1. The molecule has 2 aliphatic rings. The lowest BCUT2D eigenvalue weighted by Crippen LogP contribution is -2.45. The van der Waals surface area contributed by atoms with Crippen LogP contribution in [0.4, 0.5) is 10.5 Å². The van der Waals surface area contributed by atoms with Gasteiger partial charge in [0.25, 0.3) is 0 Å². The average Bonchev–Trinajstić information content (AvgIpc) is 3.52. The summed E-state index contributed by atoms with van der Waals surface area (Å²) in [5.41, 5.74) is 2.41. The van der Waals surface area contributed by atoms with Gasteiger partial charge in [0, 0.05) is 18.3 Å². The van der Waals surface area contributed by atoms with Gasteiger partial charge in [-0.3, -0.25) is 29.3 Å². The second kappa shape index (κ2) is 12.8. The molecule has 3 heterocycles. The van der Waals surface area contributed by atoms with Gasteiger partial charge < -0.3 is 10.1 Å². The Balaban J connectivity index is 1.25. The van der Waals surface area contributed by atoms with Gasteiger partial charge in [-0.25, -0.2) is 9.69 Å². The van der Waals surface area contributed by atoms with Crippen LogP contribution < -0.4 is 5.32 Å². The number of thioether (sulfide) groups is 1. The van der Waals surface area contributed by atoms with Crippen molar-refractivity contribution in [2.75, 3.05) is 5.32 Å². The van der Waals surface area contributed by atoms with E-state index in [9.17, 15) is 19.2 Å². The standard InChI is InChI=1S/C32H33N5O5S/c1-32(2,3)35-30-36(19-24-11-7-8-18-33-24)29(40)27(43-30)22-12-14-23(15-13-22)34-28(39)25-16-17-26(38)37(25)31(41)42-20-21-9-5-4-6-10-21/h4-15,18,25,27H,16-17,19-20H2,1-3H3,(H,34,39)/t25-,27?/m1/s1. The van der Waals surface area contributed by atoms with Crippen LogP contribution in [-0.2, 0) is 32.3 Å². The molecule has 0 aliphatic carbocycles. The first-order valence-corrected chi connectivity index (χ1v) is 14.9. The molecule has 11 heteroatoms. The van der Waals surface area contributed by atoms with Crippen molar-refractivity contribution in [2.24, 2.45) is 4.99 Å². The van der Waals surface area contributed by atoms with Gasteiger partial charge in [-0.05, 0) is 62.6 Å². The fourth-order valence-electron chi connectivity index (χ4n) is 4.76. The highest BCUT2D eigenvalue weighted by Crippen LogP contribution is 2.41. The van der Waals surface area contributed by atoms with Gasteiger partial charge in [-0.2, -0.15) is 0 Å². The number of pyridine rings is 1. The van der Waals surface area contributed by atoms with E-state index >= 15 is 0 Å². The van der Waals surface area contributed by atoms with E-state index in [1.165, 1.54) is 11.8 Å². The van der Waals surface area contributed by atoms with E-state index in [0.29, 0.717) is 17.4 Å². The molecular weight excluding hydrogens is 566 g/mol. The smallest absolute Gasteiger partial charge is 0.417 e. The normalized spacial score (nSPS) is 19.7. The van der Waals surface area contributed by atoms with Crippen LogP contribution >= 0.6 is 11.8 Å². The van der Waals surface area contributed by atoms with Crippen LogP contribution in [0.3, 0.4) is 0 Å². The molecule has 0 bridgehead atoms. The summed E-state index contributed by atoms with van der Waals surface area (Å²) in [5.74, 6) is -1.03. The van der Waals surface area contributed by atoms with Crippen molar-refractivity contribution in [1.29, 1.82) is 0 Å². The number of amidine groups is 1. The maximum absolute atomic E-state index is 13.6. The van der Waals surface area contributed by atoms with Gasteiger partial charge in [0.2, 0.25) is 17.7 Å². The topological polar surface area (TPSA) is 121 Å². The third kappa shape index (κ3) is 7.29. The molecule has 2 fully saturated rings. The van der Waals surface area contributed by atoms with E-state index < -0.39 is 29.2 Å². The van der Waals surface area contributed by atoms with E-state index in [4.69, 9.17) is 9.73 Å². The van der Waals surface area contributed by atoms with Crippen LogP contribution in [0.1, 0.15) is 55.7 Å². The third-order valence-corrected chi connectivity index (χ3v) is 8.05. The number of aliphatic imine (C=N–C) groups is 1. The Morgan fingerprint density at radius 1 is 1.02 bits per heavy atom. The first kappa shape index (κ1) is 30.0. The molecule has 4 amide bonds. The Morgan fingerprint density at radius 2 is 1.74 bits per heavy atom. The summed E-state index contributed by atoms with van der Waals surface area (Å²) in [4.78, 5) is 63.6. The van der Waals surface area contributed by atoms with Gasteiger partial charge in [-0.15, -0.1) is 0 Å². The molecule has 1 aromatic heterocycles. The summed E-state index contributed by atoms with van der Waals surface area (Å²) < 4.78 is 5.32. The molecule has 222 valence electrons. The van der Waals surface area contributed by atoms with E-state index in [0.717, 1.165) is 21.7 Å². The number of likely N-dealkylation sites (tertiary alicyclic amines) is 1. The van der Waals surface area contributed by atoms with Crippen LogP contribution in [0.2, 0.25) is 0 Å². The number of nitrogens with zero attached hydrogens (tertiary/aromatic N) is 4. The first-order chi connectivity index (χ1) is 20.6. The van der Waals surface area contributed by atoms with Gasteiger partial charge in [-0.1, -0.05) is 60.3 Å². The van der Waals surface area contributed by atoms with Crippen molar-refractivity contribution in [3.63, 3.8) is 0 Å². The number of benzene rings is 2. The molecule has 1 N–H and O–H groups in total. The number of imide groups is 1. The predicted octanol–water partition coefficient (Wildman–Crippen LogP) is 5.32. The molecule has 43 heavy (non-hydrogen) atoms. The number of aromatic nitrogens is 1. The molecular formula is C32H33N5O5S. The summed E-state index contributed by atoms with van der Waals surface area (Å²) in [7, 11) is 0. The minimum atomic E-state index is -0.973. The summed E-state index contributed by atoms with van der Waals surface area (Å²) >= 11 is 1.39. The van der Waals surface area contributed by atoms with Crippen molar-refractivity contribution in [2.45, 2.75) is 63.6 Å². The lowest BCUT2D eigenvalue weighted by Gasteiger charge is -2.22. The fraction of sp³-hybridized carbons (Fsp3) is 0.312. The van der Waals surface area contributed by atoms with Gasteiger partial charge in [0.1, 0.15) is 17.9 Å². The molecule has 2 saturated heterocycles. The Bertz CT molecular complexity index is 1520. The Hall–Kier alpha value is -4.51. The van der Waals surface area contributed by atoms with E-state index in [2.05, 4.69) is 10.3 Å². The fourth-order valence-corrected chi connectivity index (χ4v) is 6.10. The monoisotopic (exact) mass is 599 g/mol. The molecule has 0 spiro atoms. The number of carbonyl (C=O) groups excluding carboxylic acids is 4. The van der Waals surface area contributed by atoms with Crippen LogP contribution in [0.25, 0.3) is 0 Å². The molecule has 2 aliphatic heterocycles. The molecule has 2 aromatic carbocycles. The number of carbonyl (C=O) groups is 4. The third-order valence-electron chi connectivity index (χ3n) is 6.82. The first-order valence-electron chi connectivity index (χ1n) is 14.0. The lowest BCUT2D eigenvalue weighted by molar-refractivity contribution is -0.131. The number of nitrogens with one attached hydrogen (secondary N) is 1. The van der Waals surface area contributed by atoms with Crippen molar-refractivity contribution < 1.29 is 23.9 Å². The number of hydrogen-bond acceptors (Lipinski definition) is 8. The minimum Gasteiger partial charge on any atom is -0.444 e. The van der Waals surface area contributed by atoms with Crippen LogP contribution in [0, 0.1) is 0 Å². The van der Waals surface area contributed by atoms with E-state index in [1.807, 2.05) is 57.2 Å². The van der Waals surface area contributed by atoms with E-state index in [-0.39, 0.29) is 30.9 Å². The minimum absolute atomic E-state index is 0.00137. The van der Waals surface area contributed by atoms with Crippen LogP contribution in [0.5, 0.6) is 0 Å². The SMILES string of the molecule is CC(C)(C)N=C1SC(c2ccc(NC(=O)[C@H]3CCC(=O)N3C(=O)OCc3ccccc3)cc2)C(=O)N1Cc1ccccn1. The quantitative estimate of drug-likeness (QED) is 0.390. The molecule has 5 rings (SSSR count). The van der Waals surface area contributed by atoms with Crippen molar-refractivity contribution in [1.82, 2.24) is 14.8 Å². The van der Waals surface area contributed by atoms with Gasteiger partial charge in [0.05, 0.1) is 17.8 Å². The van der Waals surface area contributed by atoms with Gasteiger partial charge >= 0.3 is 6.09 Å². The summed E-state index contributed by atoms with van der Waals surface area (Å²) in [6.07, 6.45) is 1.13. The van der Waals surface area contributed by atoms with E-state index in [1.54, 1.807) is 47.5 Å². The zero-order valence-corrected chi connectivity index (χ0v) is 25.0. The summed E-state index contributed by atoms with van der Waals surface area (Å²) in [6.45, 7) is 6.26. The largest absolute Gasteiger partial charge is 0.444 e. The van der Waals surface area contributed by atoms with Gasteiger partial charge in [0.15, 0.2) is 5.17 Å². The zero-order valence-electron chi connectivity index (χ0n) is 24.2. The molecule has 0 saturated carbocycles. The summed E-state index contributed by atoms with van der Waals surface area (Å²) in [6, 6.07) is 20.7. The number of rotatable bonds is 7. The van der Waals surface area contributed by atoms with Crippen LogP contribution in [0.15, 0.2) is 84.0 Å². The molecule has 2 atom stereocenters. The molecule has 1 unspecified atom stereocenters. The highest BCUT2D eigenvalue weighted by molar-refractivity contribution is 8.15. The highest BCUT2D eigenvalue weighted by atomic mass is 32.2. The Kier molecular flexibility index (Phi) is 8.91. The Morgan fingerprint density at radius 3 is 2.42 bits per heavy atom. The van der Waals surface area contributed by atoms with Crippen molar-refractivity contribution >= 4 is 46.4 Å². The Labute approximate surface area is 254 Å². The second-order valence-corrected chi connectivity index (χ2v) is 12.4. The van der Waals surface area contributed by atoms with Crippen molar-refractivity contribution in [3.8, 4) is 0 Å². The maximum atomic E-state index is 13.6. The molecule has 3 aromatic rings. The number of hydrogen-bond donors (Lipinski definition) is 1. The number of anilines is 1. The second-order valence-electron chi connectivity index (χ2n) is 11.3. The zero-order chi connectivity index (χ0) is 30.6.